The zero-order valence-corrected chi connectivity index (χ0v) is 16.8. The molecule has 8 heteroatoms. The zero-order valence-electron chi connectivity index (χ0n) is 15.9. The van der Waals surface area contributed by atoms with Crippen molar-refractivity contribution in [1.82, 2.24) is 19.3 Å². The number of rotatable bonds is 8. The second kappa shape index (κ2) is 8.40. The minimum atomic E-state index is -0.353. The standard InChI is InChI=1S/C21H20N4O3S/c1-3-12-25-19(15-8-4-6-10-17(15)27-2)22-23-20(25)29-14-13-24-16-9-5-7-11-18(16)28-21(24)26/h3-11H,1,12-14H2,2H3. The highest BCUT2D eigenvalue weighted by Gasteiger charge is 2.17. The van der Waals surface area contributed by atoms with Crippen LogP contribution in [0.3, 0.4) is 0 Å². The summed E-state index contributed by atoms with van der Waals surface area (Å²) in [4.78, 5) is 12.1. The van der Waals surface area contributed by atoms with Crippen molar-refractivity contribution in [2.24, 2.45) is 0 Å². The summed E-state index contributed by atoms with van der Waals surface area (Å²) in [6.45, 7) is 4.92. The van der Waals surface area contributed by atoms with Crippen molar-refractivity contribution in [3.8, 4) is 17.1 Å². The van der Waals surface area contributed by atoms with E-state index in [9.17, 15) is 4.79 Å². The molecule has 0 spiro atoms. The molecule has 0 fully saturated rings. The molecule has 0 bridgehead atoms. The van der Waals surface area contributed by atoms with Crippen molar-refractivity contribution in [2.75, 3.05) is 12.9 Å². The van der Waals surface area contributed by atoms with E-state index in [-0.39, 0.29) is 5.76 Å². The van der Waals surface area contributed by atoms with Crippen LogP contribution in [0.5, 0.6) is 5.75 Å². The summed E-state index contributed by atoms with van der Waals surface area (Å²) in [6, 6.07) is 15.1. The Balaban J connectivity index is 1.58. The average molecular weight is 408 g/mol. The Hall–Kier alpha value is -3.26. The number of hydrogen-bond acceptors (Lipinski definition) is 6. The minimum absolute atomic E-state index is 0.353. The summed E-state index contributed by atoms with van der Waals surface area (Å²) in [5.74, 6) is 1.74. The van der Waals surface area contributed by atoms with Gasteiger partial charge in [-0.05, 0) is 24.3 Å². The van der Waals surface area contributed by atoms with Gasteiger partial charge in [0.05, 0.1) is 18.2 Å². The van der Waals surface area contributed by atoms with Gasteiger partial charge in [-0.2, -0.15) is 0 Å². The molecule has 0 aliphatic carbocycles. The normalized spacial score (nSPS) is 11.1. The fraction of sp³-hybridized carbons (Fsp3) is 0.190. The average Bonchev–Trinajstić information content (AvgIpc) is 3.29. The first-order valence-electron chi connectivity index (χ1n) is 9.11. The quantitative estimate of drug-likeness (QED) is 0.326. The molecule has 0 unspecified atom stereocenters. The molecule has 2 aromatic carbocycles. The van der Waals surface area contributed by atoms with Crippen LogP contribution >= 0.6 is 11.8 Å². The van der Waals surface area contributed by atoms with E-state index >= 15 is 0 Å². The molecule has 7 nitrogen and oxygen atoms in total. The van der Waals surface area contributed by atoms with Gasteiger partial charge in [-0.15, -0.1) is 16.8 Å². The van der Waals surface area contributed by atoms with Crippen LogP contribution < -0.4 is 10.5 Å². The third kappa shape index (κ3) is 3.71. The lowest BCUT2D eigenvalue weighted by molar-refractivity contribution is 0.416. The highest BCUT2D eigenvalue weighted by Crippen LogP contribution is 2.31. The number of para-hydroxylation sites is 3. The highest BCUT2D eigenvalue weighted by molar-refractivity contribution is 7.99. The van der Waals surface area contributed by atoms with Gasteiger partial charge in [-0.1, -0.05) is 42.1 Å². The van der Waals surface area contributed by atoms with Gasteiger partial charge < -0.3 is 9.15 Å². The maximum Gasteiger partial charge on any atom is 0.419 e. The summed E-state index contributed by atoms with van der Waals surface area (Å²) in [5, 5.41) is 9.48. The molecule has 0 saturated heterocycles. The summed E-state index contributed by atoms with van der Waals surface area (Å²) < 4.78 is 14.4. The van der Waals surface area contributed by atoms with Crippen molar-refractivity contribution < 1.29 is 9.15 Å². The molecule has 0 radical (unpaired) electrons. The molecule has 0 aliphatic heterocycles. The van der Waals surface area contributed by atoms with Gasteiger partial charge in [0.15, 0.2) is 16.6 Å². The van der Waals surface area contributed by atoms with Crippen LogP contribution in [-0.4, -0.2) is 32.2 Å². The smallest absolute Gasteiger partial charge is 0.419 e. The number of nitrogens with zero attached hydrogens (tertiary/aromatic N) is 4. The van der Waals surface area contributed by atoms with E-state index in [4.69, 9.17) is 9.15 Å². The summed E-state index contributed by atoms with van der Waals surface area (Å²) in [6.07, 6.45) is 1.81. The number of methoxy groups -OCH3 is 1. The van der Waals surface area contributed by atoms with Crippen LogP contribution in [0.25, 0.3) is 22.5 Å². The lowest BCUT2D eigenvalue weighted by atomic mass is 10.2. The van der Waals surface area contributed by atoms with E-state index in [1.165, 1.54) is 11.8 Å². The van der Waals surface area contributed by atoms with Crippen molar-refractivity contribution in [1.29, 1.82) is 0 Å². The van der Waals surface area contributed by atoms with Crippen LogP contribution in [0.4, 0.5) is 0 Å². The number of ether oxygens (including phenoxy) is 1. The molecule has 4 aromatic rings. The number of hydrogen-bond donors (Lipinski definition) is 0. The van der Waals surface area contributed by atoms with E-state index in [0.29, 0.717) is 24.4 Å². The lowest BCUT2D eigenvalue weighted by Crippen LogP contribution is -2.15. The van der Waals surface area contributed by atoms with Gasteiger partial charge >= 0.3 is 5.76 Å². The first-order chi connectivity index (χ1) is 14.2. The lowest BCUT2D eigenvalue weighted by Gasteiger charge is -2.10. The van der Waals surface area contributed by atoms with E-state index in [1.807, 2.05) is 47.0 Å². The topological polar surface area (TPSA) is 75.1 Å². The number of fused-ring (bicyclic) bond motifs is 1. The Morgan fingerprint density at radius 1 is 1.14 bits per heavy atom. The molecule has 0 aliphatic rings. The number of oxazole rings is 1. The Kier molecular flexibility index (Phi) is 5.53. The molecular weight excluding hydrogens is 388 g/mol. The van der Waals surface area contributed by atoms with E-state index in [1.54, 1.807) is 23.8 Å². The number of aromatic nitrogens is 4. The maximum atomic E-state index is 12.1. The largest absolute Gasteiger partial charge is 0.496 e. The van der Waals surface area contributed by atoms with Crippen molar-refractivity contribution in [3.05, 3.63) is 71.7 Å². The van der Waals surface area contributed by atoms with Gasteiger partial charge in [0, 0.05) is 18.8 Å². The summed E-state index contributed by atoms with van der Waals surface area (Å²) >= 11 is 1.53. The fourth-order valence-corrected chi connectivity index (χ4v) is 4.04. The molecule has 148 valence electrons. The molecule has 2 aromatic heterocycles. The van der Waals surface area contributed by atoms with Crippen LogP contribution in [0.2, 0.25) is 0 Å². The number of allylic oxidation sites excluding steroid dienone is 1. The third-order valence-electron chi connectivity index (χ3n) is 4.50. The summed E-state index contributed by atoms with van der Waals surface area (Å²) in [7, 11) is 1.63. The zero-order chi connectivity index (χ0) is 20.2. The fourth-order valence-electron chi connectivity index (χ4n) is 3.17. The number of aryl methyl sites for hydroxylation is 1. The second-order valence-electron chi connectivity index (χ2n) is 6.24. The van der Waals surface area contributed by atoms with Crippen molar-refractivity contribution in [3.63, 3.8) is 0 Å². The van der Waals surface area contributed by atoms with E-state index in [2.05, 4.69) is 16.8 Å². The molecular formula is C21H20N4O3S. The predicted molar refractivity (Wildman–Crippen MR) is 113 cm³/mol. The van der Waals surface area contributed by atoms with Gasteiger partial charge in [0.2, 0.25) is 0 Å². The van der Waals surface area contributed by atoms with Crippen molar-refractivity contribution in [2.45, 2.75) is 18.2 Å². The summed E-state index contributed by atoms with van der Waals surface area (Å²) in [5.41, 5.74) is 2.25. The Morgan fingerprint density at radius 2 is 1.93 bits per heavy atom. The molecule has 2 heterocycles. The van der Waals surface area contributed by atoms with Gasteiger partial charge in [-0.25, -0.2) is 4.79 Å². The number of thioether (sulfide) groups is 1. The van der Waals surface area contributed by atoms with Gasteiger partial charge in [0.25, 0.3) is 0 Å². The highest BCUT2D eigenvalue weighted by atomic mass is 32.2. The molecule has 0 N–H and O–H groups in total. The SMILES string of the molecule is C=CCn1c(SCCn2c(=O)oc3ccccc32)nnc1-c1ccccc1OC. The first-order valence-corrected chi connectivity index (χ1v) is 10.1. The predicted octanol–water partition coefficient (Wildman–Crippen LogP) is 3.84. The Bertz CT molecular complexity index is 1210. The maximum absolute atomic E-state index is 12.1. The second-order valence-corrected chi connectivity index (χ2v) is 7.30. The van der Waals surface area contributed by atoms with Crippen LogP contribution in [0, 0.1) is 0 Å². The van der Waals surface area contributed by atoms with Crippen LogP contribution in [-0.2, 0) is 13.1 Å². The first kappa shape index (κ1) is 19.1. The Morgan fingerprint density at radius 3 is 2.76 bits per heavy atom. The minimum Gasteiger partial charge on any atom is -0.496 e. The Labute approximate surface area is 171 Å². The van der Waals surface area contributed by atoms with E-state index < -0.39 is 0 Å². The number of benzene rings is 2. The monoisotopic (exact) mass is 408 g/mol. The van der Waals surface area contributed by atoms with Crippen molar-refractivity contribution >= 4 is 22.9 Å². The molecule has 0 atom stereocenters. The van der Waals surface area contributed by atoms with Gasteiger partial charge in [-0.3, -0.25) is 9.13 Å². The molecule has 29 heavy (non-hydrogen) atoms. The van der Waals surface area contributed by atoms with Crippen LogP contribution in [0.1, 0.15) is 0 Å². The molecule has 0 saturated carbocycles. The third-order valence-corrected chi connectivity index (χ3v) is 5.44. The van der Waals surface area contributed by atoms with E-state index in [0.717, 1.165) is 27.8 Å². The van der Waals surface area contributed by atoms with Crippen LogP contribution in [0.15, 0.2) is 75.6 Å². The molecule has 4 rings (SSSR count). The molecule has 0 amide bonds. The van der Waals surface area contributed by atoms with Gasteiger partial charge in [0.1, 0.15) is 5.75 Å².